The number of amides is 2. The number of hydrogen-bond acceptors (Lipinski definition) is 3. The summed E-state index contributed by atoms with van der Waals surface area (Å²) in [5.41, 5.74) is 8.65. The van der Waals surface area contributed by atoms with Crippen LogP contribution in [-0.2, 0) is 22.4 Å². The third-order valence-corrected chi connectivity index (χ3v) is 3.71. The van der Waals surface area contributed by atoms with Crippen molar-refractivity contribution in [3.8, 4) is 0 Å². The zero-order valence-electron chi connectivity index (χ0n) is 12.4. The number of nitrogens with one attached hydrogen (secondary N) is 2. The van der Waals surface area contributed by atoms with Gasteiger partial charge in [0.05, 0.1) is 6.42 Å². The maximum atomic E-state index is 11.7. The third kappa shape index (κ3) is 4.56. The summed E-state index contributed by atoms with van der Waals surface area (Å²) in [6.07, 6.45) is 2.64. The summed E-state index contributed by atoms with van der Waals surface area (Å²) in [7, 11) is 0. The number of fused-ring (bicyclic) bond motifs is 1. The first-order valence-electron chi connectivity index (χ1n) is 7.47. The van der Waals surface area contributed by atoms with E-state index < -0.39 is 0 Å². The van der Waals surface area contributed by atoms with Gasteiger partial charge in [0.2, 0.25) is 11.8 Å². The lowest BCUT2D eigenvalue weighted by molar-refractivity contribution is -0.121. The van der Waals surface area contributed by atoms with Gasteiger partial charge in [0, 0.05) is 18.7 Å². The first-order valence-corrected chi connectivity index (χ1v) is 7.47. The van der Waals surface area contributed by atoms with Crippen LogP contribution in [0.25, 0.3) is 0 Å². The molecule has 5 nitrogen and oxygen atoms in total. The standard InChI is InChI=1S/C16H23N3O2/c1-11(9-17)10-18-15(20)4-2-3-12-5-6-14-13(7-12)8-16(21)19-14/h5-7,11H,2-4,8-10,17H2,1H3,(H,18,20)(H,19,21). The Morgan fingerprint density at radius 2 is 2.29 bits per heavy atom. The van der Waals surface area contributed by atoms with E-state index in [-0.39, 0.29) is 11.8 Å². The first-order chi connectivity index (χ1) is 10.1. The van der Waals surface area contributed by atoms with Crippen LogP contribution >= 0.6 is 0 Å². The van der Waals surface area contributed by atoms with Gasteiger partial charge in [-0.15, -0.1) is 0 Å². The normalized spacial score (nSPS) is 14.5. The molecular weight excluding hydrogens is 266 g/mol. The SMILES string of the molecule is CC(CN)CNC(=O)CCCc1ccc2c(c1)CC(=O)N2. The lowest BCUT2D eigenvalue weighted by atomic mass is 10.0. The van der Waals surface area contributed by atoms with Crippen molar-refractivity contribution < 1.29 is 9.59 Å². The number of rotatable bonds is 7. The summed E-state index contributed by atoms with van der Waals surface area (Å²) in [4.78, 5) is 23.0. The molecule has 0 radical (unpaired) electrons. The lowest BCUT2D eigenvalue weighted by Crippen LogP contribution is -2.31. The fourth-order valence-corrected chi connectivity index (χ4v) is 2.35. The van der Waals surface area contributed by atoms with Crippen molar-refractivity contribution in [3.05, 3.63) is 29.3 Å². The first kappa shape index (κ1) is 15.5. The molecule has 0 saturated carbocycles. The van der Waals surface area contributed by atoms with Crippen molar-refractivity contribution in [3.63, 3.8) is 0 Å². The van der Waals surface area contributed by atoms with Crippen LogP contribution in [0.5, 0.6) is 0 Å². The van der Waals surface area contributed by atoms with Gasteiger partial charge in [0.25, 0.3) is 0 Å². The van der Waals surface area contributed by atoms with Gasteiger partial charge in [-0.1, -0.05) is 19.1 Å². The zero-order valence-corrected chi connectivity index (χ0v) is 12.4. The summed E-state index contributed by atoms with van der Waals surface area (Å²) >= 11 is 0. The Bertz CT molecular complexity index is 528. The van der Waals surface area contributed by atoms with Crippen molar-refractivity contribution in [2.45, 2.75) is 32.6 Å². The molecule has 1 heterocycles. The average Bonchev–Trinajstić information content (AvgIpc) is 2.84. The Morgan fingerprint density at radius 3 is 3.05 bits per heavy atom. The second-order valence-electron chi connectivity index (χ2n) is 5.71. The molecule has 5 heteroatoms. The molecule has 1 atom stereocenters. The van der Waals surface area contributed by atoms with Gasteiger partial charge < -0.3 is 16.4 Å². The van der Waals surface area contributed by atoms with E-state index in [0.717, 1.165) is 24.1 Å². The van der Waals surface area contributed by atoms with Crippen molar-refractivity contribution in [1.82, 2.24) is 5.32 Å². The Kier molecular flexibility index (Phi) is 5.33. The molecule has 1 aromatic carbocycles. The molecule has 0 aliphatic carbocycles. The zero-order chi connectivity index (χ0) is 15.2. The fourth-order valence-electron chi connectivity index (χ4n) is 2.35. The second-order valence-corrected chi connectivity index (χ2v) is 5.71. The number of nitrogens with two attached hydrogens (primary N) is 1. The molecule has 114 valence electrons. The number of carbonyl (C=O) groups excluding carboxylic acids is 2. The highest BCUT2D eigenvalue weighted by atomic mass is 16.2. The van der Waals surface area contributed by atoms with Crippen molar-refractivity contribution in [2.75, 3.05) is 18.4 Å². The lowest BCUT2D eigenvalue weighted by Gasteiger charge is -2.10. The van der Waals surface area contributed by atoms with Crippen LogP contribution in [0.1, 0.15) is 30.9 Å². The molecular formula is C16H23N3O2. The predicted molar refractivity (Wildman–Crippen MR) is 82.9 cm³/mol. The van der Waals surface area contributed by atoms with Crippen LogP contribution < -0.4 is 16.4 Å². The Labute approximate surface area is 125 Å². The highest BCUT2D eigenvalue weighted by Crippen LogP contribution is 2.24. The highest BCUT2D eigenvalue weighted by Gasteiger charge is 2.17. The van der Waals surface area contributed by atoms with Gasteiger partial charge in [-0.3, -0.25) is 9.59 Å². The Hall–Kier alpha value is -1.88. The molecule has 4 N–H and O–H groups in total. The molecule has 0 spiro atoms. The number of aryl methyl sites for hydroxylation is 1. The van der Waals surface area contributed by atoms with Crippen LogP contribution in [-0.4, -0.2) is 24.9 Å². The quantitative estimate of drug-likeness (QED) is 0.705. The summed E-state index contributed by atoms with van der Waals surface area (Å²) < 4.78 is 0. The minimum Gasteiger partial charge on any atom is -0.356 e. The van der Waals surface area contributed by atoms with E-state index in [1.165, 1.54) is 5.56 Å². The van der Waals surface area contributed by atoms with Gasteiger partial charge >= 0.3 is 0 Å². The maximum absolute atomic E-state index is 11.7. The van der Waals surface area contributed by atoms with Crippen molar-refractivity contribution >= 4 is 17.5 Å². The van der Waals surface area contributed by atoms with E-state index >= 15 is 0 Å². The van der Waals surface area contributed by atoms with Crippen LogP contribution in [0.4, 0.5) is 5.69 Å². The van der Waals surface area contributed by atoms with Crippen LogP contribution in [0.3, 0.4) is 0 Å². The van der Waals surface area contributed by atoms with Crippen LogP contribution in [0, 0.1) is 5.92 Å². The second kappa shape index (κ2) is 7.22. The van der Waals surface area contributed by atoms with Gasteiger partial charge in [-0.2, -0.15) is 0 Å². The molecule has 2 amide bonds. The van der Waals surface area contributed by atoms with E-state index in [0.29, 0.717) is 31.8 Å². The average molecular weight is 289 g/mol. The smallest absolute Gasteiger partial charge is 0.228 e. The number of carbonyl (C=O) groups is 2. The summed E-state index contributed by atoms with van der Waals surface area (Å²) in [5.74, 6) is 0.444. The number of anilines is 1. The fraction of sp³-hybridized carbons (Fsp3) is 0.500. The van der Waals surface area contributed by atoms with E-state index in [1.807, 2.05) is 19.1 Å². The summed E-state index contributed by atoms with van der Waals surface area (Å²) in [6, 6.07) is 6.01. The van der Waals surface area contributed by atoms with Gasteiger partial charge in [0.1, 0.15) is 0 Å². The topological polar surface area (TPSA) is 84.2 Å². The molecule has 1 aliphatic heterocycles. The molecule has 0 saturated heterocycles. The third-order valence-electron chi connectivity index (χ3n) is 3.71. The van der Waals surface area contributed by atoms with Crippen LogP contribution in [0.15, 0.2) is 18.2 Å². The highest BCUT2D eigenvalue weighted by molar-refractivity contribution is 5.99. The summed E-state index contributed by atoms with van der Waals surface area (Å²) in [5, 5.41) is 5.71. The molecule has 2 rings (SSSR count). The molecule has 0 aromatic heterocycles. The van der Waals surface area contributed by atoms with Crippen molar-refractivity contribution in [2.24, 2.45) is 11.7 Å². The molecule has 1 aromatic rings. The van der Waals surface area contributed by atoms with Crippen LogP contribution in [0.2, 0.25) is 0 Å². The maximum Gasteiger partial charge on any atom is 0.228 e. The number of benzene rings is 1. The van der Waals surface area contributed by atoms with E-state index in [2.05, 4.69) is 16.7 Å². The molecule has 1 unspecified atom stereocenters. The van der Waals surface area contributed by atoms with E-state index in [4.69, 9.17) is 5.73 Å². The van der Waals surface area contributed by atoms with Gasteiger partial charge in [-0.05, 0) is 42.5 Å². The van der Waals surface area contributed by atoms with Crippen molar-refractivity contribution in [1.29, 1.82) is 0 Å². The summed E-state index contributed by atoms with van der Waals surface area (Å²) in [6.45, 7) is 3.24. The molecule has 21 heavy (non-hydrogen) atoms. The minimum absolute atomic E-state index is 0.0514. The molecule has 0 fully saturated rings. The number of hydrogen-bond donors (Lipinski definition) is 3. The monoisotopic (exact) mass is 289 g/mol. The Morgan fingerprint density at radius 1 is 1.48 bits per heavy atom. The van der Waals surface area contributed by atoms with Gasteiger partial charge in [-0.25, -0.2) is 0 Å². The Balaban J connectivity index is 1.73. The minimum atomic E-state index is 0.0514. The molecule has 1 aliphatic rings. The molecule has 0 bridgehead atoms. The predicted octanol–water partition coefficient (Wildman–Crippen LogP) is 1.21. The largest absolute Gasteiger partial charge is 0.356 e. The van der Waals surface area contributed by atoms with Gasteiger partial charge in [0.15, 0.2) is 0 Å². The van der Waals surface area contributed by atoms with E-state index in [9.17, 15) is 9.59 Å². The van der Waals surface area contributed by atoms with E-state index in [1.54, 1.807) is 0 Å².